The van der Waals surface area contributed by atoms with Gasteiger partial charge >= 0.3 is 0 Å². The van der Waals surface area contributed by atoms with Crippen molar-refractivity contribution in [2.45, 2.75) is 12.8 Å². The number of nitriles is 1. The van der Waals surface area contributed by atoms with E-state index in [1.54, 1.807) is 0 Å². The van der Waals surface area contributed by atoms with E-state index < -0.39 is 0 Å². The fourth-order valence-corrected chi connectivity index (χ4v) is 2.97. The lowest BCUT2D eigenvalue weighted by molar-refractivity contribution is 0.487. The van der Waals surface area contributed by atoms with Crippen molar-refractivity contribution in [3.63, 3.8) is 0 Å². The summed E-state index contributed by atoms with van der Waals surface area (Å²) in [7, 11) is 0. The molecule has 0 saturated carbocycles. The molecule has 1 aliphatic rings. The van der Waals surface area contributed by atoms with E-state index in [0.29, 0.717) is 0 Å². The van der Waals surface area contributed by atoms with Gasteiger partial charge in [0.15, 0.2) is 0 Å². The SMILES string of the molecule is N#CC1CCN(c2cnc3[nH]cc(I)c3c2)CC1. The van der Waals surface area contributed by atoms with Gasteiger partial charge in [-0.15, -0.1) is 0 Å². The predicted octanol–water partition coefficient (Wildman–Crippen LogP) is 2.91. The Morgan fingerprint density at radius 3 is 2.94 bits per heavy atom. The van der Waals surface area contributed by atoms with Crippen molar-refractivity contribution < 1.29 is 0 Å². The molecule has 0 radical (unpaired) electrons. The van der Waals surface area contributed by atoms with Gasteiger partial charge in [0.05, 0.1) is 18.0 Å². The number of pyridine rings is 1. The highest BCUT2D eigenvalue weighted by molar-refractivity contribution is 14.1. The molecule has 1 aliphatic heterocycles. The summed E-state index contributed by atoms with van der Waals surface area (Å²) in [6, 6.07) is 4.55. The third kappa shape index (κ3) is 2.05. The number of halogens is 1. The highest BCUT2D eigenvalue weighted by Crippen LogP contribution is 2.26. The molecule has 0 amide bonds. The van der Waals surface area contributed by atoms with Gasteiger partial charge in [-0.3, -0.25) is 0 Å². The average molecular weight is 352 g/mol. The number of nitrogens with one attached hydrogen (secondary N) is 1. The van der Waals surface area contributed by atoms with Crippen LogP contribution in [-0.2, 0) is 0 Å². The summed E-state index contributed by atoms with van der Waals surface area (Å²) in [5.41, 5.74) is 2.10. The van der Waals surface area contributed by atoms with Crippen molar-refractivity contribution in [1.82, 2.24) is 9.97 Å². The molecular formula is C13H13IN4. The number of nitrogens with zero attached hydrogens (tertiary/aromatic N) is 3. The molecule has 0 aliphatic carbocycles. The summed E-state index contributed by atoms with van der Waals surface area (Å²) < 4.78 is 1.20. The van der Waals surface area contributed by atoms with E-state index in [0.717, 1.165) is 37.3 Å². The van der Waals surface area contributed by atoms with Gasteiger partial charge in [0.1, 0.15) is 5.65 Å². The zero-order chi connectivity index (χ0) is 12.5. The molecule has 0 unspecified atom stereocenters. The maximum atomic E-state index is 8.91. The van der Waals surface area contributed by atoms with Crippen LogP contribution < -0.4 is 4.90 Å². The summed E-state index contributed by atoms with van der Waals surface area (Å²) in [4.78, 5) is 9.93. The first-order chi connectivity index (χ1) is 8.78. The Bertz CT molecular complexity index is 605. The third-order valence-corrected chi connectivity index (χ3v) is 4.40. The molecule has 1 saturated heterocycles. The van der Waals surface area contributed by atoms with E-state index in [1.165, 1.54) is 8.96 Å². The number of fused-ring (bicyclic) bond motifs is 1. The number of piperidine rings is 1. The van der Waals surface area contributed by atoms with Crippen molar-refractivity contribution >= 4 is 39.3 Å². The summed E-state index contributed by atoms with van der Waals surface area (Å²) in [6.45, 7) is 1.90. The van der Waals surface area contributed by atoms with Crippen LogP contribution in [0.4, 0.5) is 5.69 Å². The van der Waals surface area contributed by atoms with Crippen molar-refractivity contribution in [2.75, 3.05) is 18.0 Å². The maximum absolute atomic E-state index is 8.91. The summed E-state index contributed by atoms with van der Waals surface area (Å²) >= 11 is 2.32. The van der Waals surface area contributed by atoms with Gasteiger partial charge < -0.3 is 9.88 Å². The number of aromatic amines is 1. The molecule has 1 fully saturated rings. The lowest BCUT2D eigenvalue weighted by atomic mass is 9.98. The highest BCUT2D eigenvalue weighted by atomic mass is 127. The Labute approximate surface area is 119 Å². The zero-order valence-electron chi connectivity index (χ0n) is 9.86. The normalized spacial score (nSPS) is 17.0. The number of aromatic nitrogens is 2. The van der Waals surface area contributed by atoms with E-state index in [9.17, 15) is 0 Å². The number of hydrogen-bond acceptors (Lipinski definition) is 3. The fourth-order valence-electron chi connectivity index (χ4n) is 2.40. The monoisotopic (exact) mass is 352 g/mol. The van der Waals surface area contributed by atoms with Crippen LogP contribution in [0.5, 0.6) is 0 Å². The van der Waals surface area contributed by atoms with Gasteiger partial charge in [0, 0.05) is 34.2 Å². The van der Waals surface area contributed by atoms with Gasteiger partial charge in [-0.1, -0.05) is 0 Å². The van der Waals surface area contributed by atoms with E-state index >= 15 is 0 Å². The second kappa shape index (κ2) is 4.76. The Morgan fingerprint density at radius 1 is 1.44 bits per heavy atom. The number of hydrogen-bond donors (Lipinski definition) is 1. The Morgan fingerprint density at radius 2 is 2.22 bits per heavy atom. The van der Waals surface area contributed by atoms with E-state index in [-0.39, 0.29) is 5.92 Å². The molecule has 5 heteroatoms. The van der Waals surface area contributed by atoms with Gasteiger partial charge in [0.25, 0.3) is 0 Å². The number of rotatable bonds is 1. The quantitative estimate of drug-likeness (QED) is 0.803. The molecule has 3 rings (SSSR count). The van der Waals surface area contributed by atoms with Crippen LogP contribution in [-0.4, -0.2) is 23.1 Å². The Balaban J connectivity index is 1.86. The minimum Gasteiger partial charge on any atom is -0.370 e. The van der Waals surface area contributed by atoms with Crippen LogP contribution in [0.1, 0.15) is 12.8 Å². The Kier molecular flexibility index (Phi) is 3.12. The highest BCUT2D eigenvalue weighted by Gasteiger charge is 2.19. The first-order valence-electron chi connectivity index (χ1n) is 6.05. The van der Waals surface area contributed by atoms with Crippen molar-refractivity contribution in [3.05, 3.63) is 22.0 Å². The van der Waals surface area contributed by atoms with Gasteiger partial charge in [-0.25, -0.2) is 4.98 Å². The standard InChI is InChI=1S/C13H13IN4/c14-12-8-17-13-11(12)5-10(7-16-13)18-3-1-9(6-15)2-4-18/h5,7-9H,1-4H2,(H,16,17). The van der Waals surface area contributed by atoms with E-state index in [4.69, 9.17) is 5.26 Å². The third-order valence-electron chi connectivity index (χ3n) is 3.51. The average Bonchev–Trinajstić information content (AvgIpc) is 2.80. The van der Waals surface area contributed by atoms with Crippen LogP contribution in [0.3, 0.4) is 0 Å². The smallest absolute Gasteiger partial charge is 0.138 e. The molecule has 2 aromatic rings. The minimum atomic E-state index is 0.227. The molecule has 1 N–H and O–H groups in total. The predicted molar refractivity (Wildman–Crippen MR) is 79.4 cm³/mol. The molecule has 0 spiro atoms. The second-order valence-electron chi connectivity index (χ2n) is 4.62. The minimum absolute atomic E-state index is 0.227. The lowest BCUT2D eigenvalue weighted by Gasteiger charge is -2.30. The van der Waals surface area contributed by atoms with Crippen LogP contribution >= 0.6 is 22.6 Å². The molecule has 92 valence electrons. The number of anilines is 1. The van der Waals surface area contributed by atoms with Crippen molar-refractivity contribution in [2.24, 2.45) is 5.92 Å². The Hall–Kier alpha value is -1.29. The first kappa shape index (κ1) is 11.8. The zero-order valence-corrected chi connectivity index (χ0v) is 12.0. The molecule has 2 aromatic heterocycles. The van der Waals surface area contributed by atoms with Gasteiger partial charge in [0.2, 0.25) is 0 Å². The topological polar surface area (TPSA) is 55.7 Å². The summed E-state index contributed by atoms with van der Waals surface area (Å²) in [5.74, 6) is 0.227. The van der Waals surface area contributed by atoms with Crippen LogP contribution in [0.2, 0.25) is 0 Å². The maximum Gasteiger partial charge on any atom is 0.138 e. The molecular weight excluding hydrogens is 339 g/mol. The molecule has 0 aromatic carbocycles. The summed E-state index contributed by atoms with van der Waals surface area (Å²) in [6.07, 6.45) is 5.81. The lowest BCUT2D eigenvalue weighted by Crippen LogP contribution is -2.33. The van der Waals surface area contributed by atoms with Gasteiger partial charge in [-0.2, -0.15) is 5.26 Å². The van der Waals surface area contributed by atoms with Gasteiger partial charge in [-0.05, 0) is 41.5 Å². The van der Waals surface area contributed by atoms with Crippen molar-refractivity contribution in [1.29, 1.82) is 5.26 Å². The van der Waals surface area contributed by atoms with Crippen LogP contribution in [0, 0.1) is 20.8 Å². The fraction of sp³-hybridized carbons (Fsp3) is 0.385. The number of H-pyrrole nitrogens is 1. The molecule has 4 nitrogen and oxygen atoms in total. The molecule has 18 heavy (non-hydrogen) atoms. The van der Waals surface area contributed by atoms with E-state index in [2.05, 4.69) is 49.6 Å². The largest absolute Gasteiger partial charge is 0.370 e. The second-order valence-corrected chi connectivity index (χ2v) is 5.78. The van der Waals surface area contributed by atoms with Crippen LogP contribution in [0.25, 0.3) is 11.0 Å². The molecule has 0 bridgehead atoms. The van der Waals surface area contributed by atoms with Crippen LogP contribution in [0.15, 0.2) is 18.5 Å². The van der Waals surface area contributed by atoms with Crippen molar-refractivity contribution in [3.8, 4) is 6.07 Å². The first-order valence-corrected chi connectivity index (χ1v) is 7.13. The molecule has 0 atom stereocenters. The van der Waals surface area contributed by atoms with E-state index in [1.807, 2.05) is 12.4 Å². The molecule has 3 heterocycles. The summed E-state index contributed by atoms with van der Waals surface area (Å²) in [5, 5.41) is 10.1.